The Labute approximate surface area is 217 Å². The van der Waals surface area contributed by atoms with Crippen molar-refractivity contribution in [1.82, 2.24) is 34.8 Å². The van der Waals surface area contributed by atoms with Crippen molar-refractivity contribution in [1.29, 1.82) is 0 Å². The smallest absolute Gasteiger partial charge is 0.258 e. The molecule has 2 aromatic carbocycles. The van der Waals surface area contributed by atoms with Crippen LogP contribution in [0, 0.1) is 0 Å². The van der Waals surface area contributed by atoms with Crippen molar-refractivity contribution in [2.24, 2.45) is 0 Å². The first-order chi connectivity index (χ1) is 18.6. The van der Waals surface area contributed by atoms with Crippen molar-refractivity contribution in [3.8, 4) is 28.6 Å². The van der Waals surface area contributed by atoms with Gasteiger partial charge in [-0.25, -0.2) is 4.98 Å². The van der Waals surface area contributed by atoms with Gasteiger partial charge in [-0.1, -0.05) is 6.07 Å². The quantitative estimate of drug-likeness (QED) is 0.381. The predicted molar refractivity (Wildman–Crippen MR) is 137 cm³/mol. The second-order valence-corrected chi connectivity index (χ2v) is 8.67. The number of benzene rings is 2. The predicted octanol–water partition coefficient (Wildman–Crippen LogP) is 2.53. The van der Waals surface area contributed by atoms with Crippen molar-refractivity contribution in [2.45, 2.75) is 13.1 Å². The fraction of sp³-hybridized carbons (Fsp3) is 0.148. The van der Waals surface area contributed by atoms with Crippen LogP contribution in [0.4, 0.5) is 0 Å². The minimum absolute atomic E-state index is 0.187. The highest BCUT2D eigenvalue weighted by Gasteiger charge is 2.17. The van der Waals surface area contributed by atoms with Gasteiger partial charge >= 0.3 is 0 Å². The summed E-state index contributed by atoms with van der Waals surface area (Å²) < 4.78 is 14.9. The van der Waals surface area contributed by atoms with Crippen LogP contribution in [-0.2, 0) is 17.9 Å². The van der Waals surface area contributed by atoms with Gasteiger partial charge in [0, 0.05) is 41.9 Å². The standard InChI is InChI=1S/C27H23N7O4/c1-37-21-6-5-18-13-22(21)38-16-25(35)29-14-17-10-19(12-20(11-17)33-9-7-28-26(18)33)27(36)30-15-24-32-31-23-4-2-3-8-34(23)24/h2-13H,14-16H2,1H3,(H,29,35)(H,30,36). The Morgan fingerprint density at radius 1 is 1.13 bits per heavy atom. The summed E-state index contributed by atoms with van der Waals surface area (Å²) >= 11 is 0. The third-order valence-corrected chi connectivity index (χ3v) is 6.22. The van der Waals surface area contributed by atoms with Crippen molar-refractivity contribution in [2.75, 3.05) is 13.7 Å². The number of pyridine rings is 1. The van der Waals surface area contributed by atoms with E-state index in [9.17, 15) is 9.59 Å². The number of carbonyl (C=O) groups is 2. The Morgan fingerprint density at radius 3 is 2.95 bits per heavy atom. The molecule has 0 radical (unpaired) electrons. The second-order valence-electron chi connectivity index (χ2n) is 8.67. The lowest BCUT2D eigenvalue weighted by atomic mass is 10.1. The molecule has 190 valence electrons. The lowest BCUT2D eigenvalue weighted by molar-refractivity contribution is -0.123. The van der Waals surface area contributed by atoms with Crippen molar-refractivity contribution in [3.05, 3.63) is 90.1 Å². The number of fused-ring (bicyclic) bond motifs is 8. The molecule has 3 aromatic heterocycles. The van der Waals surface area contributed by atoms with Crippen LogP contribution in [0.2, 0.25) is 0 Å². The molecule has 0 saturated heterocycles. The Kier molecular flexibility index (Phi) is 5.92. The van der Waals surface area contributed by atoms with Gasteiger partial charge in [0.2, 0.25) is 0 Å². The van der Waals surface area contributed by atoms with Gasteiger partial charge in [0.15, 0.2) is 29.6 Å². The molecule has 5 aromatic rings. The number of ether oxygens (including phenoxy) is 2. The zero-order valence-electron chi connectivity index (χ0n) is 20.4. The van der Waals surface area contributed by atoms with Gasteiger partial charge in [-0.15, -0.1) is 10.2 Å². The summed E-state index contributed by atoms with van der Waals surface area (Å²) in [5, 5.41) is 14.1. The highest BCUT2D eigenvalue weighted by Crippen LogP contribution is 2.33. The van der Waals surface area contributed by atoms with Crippen LogP contribution in [0.5, 0.6) is 11.5 Å². The number of methoxy groups -OCH3 is 1. The minimum atomic E-state index is -0.301. The zero-order chi connectivity index (χ0) is 26.1. The van der Waals surface area contributed by atoms with E-state index in [1.165, 1.54) is 0 Å². The van der Waals surface area contributed by atoms with E-state index in [4.69, 9.17) is 9.47 Å². The van der Waals surface area contributed by atoms with Crippen LogP contribution in [0.25, 0.3) is 22.7 Å². The van der Waals surface area contributed by atoms with Crippen LogP contribution < -0.4 is 20.1 Å². The molecule has 0 spiro atoms. The number of carbonyl (C=O) groups excluding carboxylic acids is 2. The molecule has 4 bridgehead atoms. The first kappa shape index (κ1) is 23.2. The summed E-state index contributed by atoms with van der Waals surface area (Å²) in [6, 6.07) is 16.5. The van der Waals surface area contributed by atoms with Crippen LogP contribution in [0.1, 0.15) is 21.7 Å². The number of rotatable bonds is 4. The Hall–Kier alpha value is -5.19. The van der Waals surface area contributed by atoms with Gasteiger partial charge < -0.3 is 20.1 Å². The molecule has 11 nitrogen and oxygen atoms in total. The third kappa shape index (κ3) is 4.41. The van der Waals surface area contributed by atoms with Crippen molar-refractivity contribution in [3.63, 3.8) is 0 Å². The molecule has 1 aliphatic heterocycles. The van der Waals surface area contributed by atoms with Crippen LogP contribution in [-0.4, -0.2) is 49.7 Å². The van der Waals surface area contributed by atoms with E-state index in [0.29, 0.717) is 34.4 Å². The average Bonchev–Trinajstić information content (AvgIpc) is 3.60. The fourth-order valence-corrected chi connectivity index (χ4v) is 4.37. The van der Waals surface area contributed by atoms with Gasteiger partial charge in [0.05, 0.1) is 13.7 Å². The van der Waals surface area contributed by atoms with Gasteiger partial charge in [-0.2, -0.15) is 0 Å². The van der Waals surface area contributed by atoms with E-state index in [1.807, 2.05) is 51.7 Å². The average molecular weight is 510 g/mol. The molecular weight excluding hydrogens is 486 g/mol. The SMILES string of the molecule is COc1ccc2cc1OCC(=O)NCc1cc(C(=O)NCc3nnc4ccccn34)cc(c1)-n1ccnc1-2. The molecule has 38 heavy (non-hydrogen) atoms. The summed E-state index contributed by atoms with van der Waals surface area (Å²) in [6.45, 7) is 0.222. The molecule has 0 unspecified atom stereocenters. The summed E-state index contributed by atoms with van der Waals surface area (Å²) in [4.78, 5) is 30.3. The van der Waals surface area contributed by atoms with E-state index in [0.717, 1.165) is 16.8 Å². The number of nitrogens with one attached hydrogen (secondary N) is 2. The van der Waals surface area contributed by atoms with Crippen LogP contribution in [0.15, 0.2) is 73.2 Å². The maximum atomic E-state index is 13.3. The molecule has 2 amide bonds. The second kappa shape index (κ2) is 9.69. The van der Waals surface area contributed by atoms with Crippen LogP contribution >= 0.6 is 0 Å². The van der Waals surface area contributed by atoms with Gasteiger partial charge in [0.1, 0.15) is 5.82 Å². The summed E-state index contributed by atoms with van der Waals surface area (Å²) in [6.07, 6.45) is 5.36. The third-order valence-electron chi connectivity index (χ3n) is 6.22. The number of amides is 2. The highest BCUT2D eigenvalue weighted by atomic mass is 16.5. The molecule has 0 fully saturated rings. The lowest BCUT2D eigenvalue weighted by Gasteiger charge is -2.13. The summed E-state index contributed by atoms with van der Waals surface area (Å²) in [5.74, 6) is 1.62. The molecular formula is C27H23N7O4. The lowest BCUT2D eigenvalue weighted by Crippen LogP contribution is -2.29. The molecule has 11 heteroatoms. The van der Waals surface area contributed by atoms with Crippen molar-refractivity contribution >= 4 is 17.5 Å². The first-order valence-electron chi connectivity index (χ1n) is 11.9. The molecule has 0 saturated carbocycles. The first-order valence-corrected chi connectivity index (χ1v) is 11.9. The topological polar surface area (TPSA) is 125 Å². The largest absolute Gasteiger partial charge is 0.493 e. The zero-order valence-corrected chi connectivity index (χ0v) is 20.4. The highest BCUT2D eigenvalue weighted by molar-refractivity contribution is 5.95. The molecule has 6 rings (SSSR count). The van der Waals surface area contributed by atoms with E-state index in [2.05, 4.69) is 25.8 Å². The van der Waals surface area contributed by atoms with E-state index in [1.54, 1.807) is 37.6 Å². The maximum Gasteiger partial charge on any atom is 0.258 e. The Morgan fingerprint density at radius 2 is 2.05 bits per heavy atom. The molecule has 2 N–H and O–H groups in total. The number of hydrogen-bond donors (Lipinski definition) is 2. The van der Waals surface area contributed by atoms with E-state index >= 15 is 0 Å². The molecule has 0 aliphatic carbocycles. The molecule has 1 aliphatic rings. The van der Waals surface area contributed by atoms with E-state index < -0.39 is 0 Å². The monoisotopic (exact) mass is 509 g/mol. The number of aromatic nitrogens is 5. The molecule has 4 heterocycles. The number of nitrogens with zero attached hydrogens (tertiary/aromatic N) is 5. The Balaban J connectivity index is 1.36. The van der Waals surface area contributed by atoms with E-state index in [-0.39, 0.29) is 31.5 Å². The number of imidazole rings is 1. The summed E-state index contributed by atoms with van der Waals surface area (Å²) in [7, 11) is 1.54. The number of hydrogen-bond acceptors (Lipinski definition) is 7. The van der Waals surface area contributed by atoms with Crippen molar-refractivity contribution < 1.29 is 19.1 Å². The van der Waals surface area contributed by atoms with Crippen LogP contribution in [0.3, 0.4) is 0 Å². The normalized spacial score (nSPS) is 12.8. The molecule has 0 atom stereocenters. The maximum absolute atomic E-state index is 13.3. The van der Waals surface area contributed by atoms with Gasteiger partial charge in [-0.3, -0.25) is 18.6 Å². The van der Waals surface area contributed by atoms with Gasteiger partial charge in [0.25, 0.3) is 11.8 Å². The van der Waals surface area contributed by atoms with Gasteiger partial charge in [-0.05, 0) is 54.1 Å². The Bertz CT molecular complexity index is 1670. The summed E-state index contributed by atoms with van der Waals surface area (Å²) in [5.41, 5.74) is 3.37. The minimum Gasteiger partial charge on any atom is -0.493 e. The fourth-order valence-electron chi connectivity index (χ4n) is 4.37.